The maximum atomic E-state index is 13.1. The fourth-order valence-electron chi connectivity index (χ4n) is 12.6. The molecule has 15 rings (SSSR count). The maximum absolute atomic E-state index is 13.1. The van der Waals surface area contributed by atoms with Gasteiger partial charge in [0.2, 0.25) is 9.84 Å². The Balaban J connectivity index is 0.000000157. The highest BCUT2D eigenvalue weighted by atomic mass is 127. The first kappa shape index (κ1) is 100. The second-order valence-corrected chi connectivity index (χ2v) is 53.6. The van der Waals surface area contributed by atoms with E-state index in [2.05, 4.69) is 72.8 Å². The molecular weight excluding hydrogens is 2240 g/mol. The molecule has 0 bridgehead atoms. The molecule has 30 heteroatoms. The van der Waals surface area contributed by atoms with Gasteiger partial charge >= 0.3 is 47.8 Å². The summed E-state index contributed by atoms with van der Waals surface area (Å²) in [6, 6.07) is 96.7. The maximum Gasteiger partial charge on any atom is 0.338 e. The van der Waals surface area contributed by atoms with Crippen LogP contribution in [0.5, 0.6) is 5.75 Å². The first-order chi connectivity index (χ1) is 62.1. The largest absolute Gasteiger partial charge is 0.464 e. The number of hydrogen-bond donors (Lipinski definition) is 0. The van der Waals surface area contributed by atoms with Crippen LogP contribution in [-0.2, 0) is 121 Å². The van der Waals surface area contributed by atoms with Crippen LogP contribution in [0, 0.1) is 0 Å². The van der Waals surface area contributed by atoms with Gasteiger partial charge in [0.15, 0.2) is 58.7 Å². The summed E-state index contributed by atoms with van der Waals surface area (Å²) >= 11 is 9.81. The van der Waals surface area contributed by atoms with Crippen molar-refractivity contribution in [2.45, 2.75) is 164 Å². The van der Waals surface area contributed by atoms with Crippen molar-refractivity contribution in [3.05, 3.63) is 320 Å². The third-order valence-electron chi connectivity index (χ3n) is 19.0. The minimum atomic E-state index is -3.60. The van der Waals surface area contributed by atoms with Crippen molar-refractivity contribution in [1.82, 2.24) is 0 Å². The Kier molecular flexibility index (Phi) is 35.2. The summed E-state index contributed by atoms with van der Waals surface area (Å²) in [6.45, 7) is 14.1. The number of ether oxygens (including phenoxy) is 8. The van der Waals surface area contributed by atoms with Crippen LogP contribution in [0.2, 0.25) is 0 Å². The van der Waals surface area contributed by atoms with E-state index in [9.17, 15) is 51.0 Å². The second-order valence-electron chi connectivity index (χ2n) is 30.5. The lowest BCUT2D eigenvalue weighted by Gasteiger charge is -2.19. The highest BCUT2D eigenvalue weighted by molar-refractivity contribution is 14.1. The topological polar surface area (TPSA) is 262 Å². The van der Waals surface area contributed by atoms with E-state index in [1.807, 2.05) is 254 Å². The zero-order valence-corrected chi connectivity index (χ0v) is 86.0. The third kappa shape index (κ3) is 26.2. The fraction of sp³-hybridized carbons (Fsp3) is 0.200. The van der Waals surface area contributed by atoms with Crippen LogP contribution in [0.4, 0.5) is 0 Å². The van der Waals surface area contributed by atoms with Gasteiger partial charge in [0.1, 0.15) is 108 Å². The summed E-state index contributed by atoms with van der Waals surface area (Å²) in [5.41, 5.74) is 1.26. The Morgan fingerprint density at radius 2 is 0.623 bits per heavy atom. The molecule has 3 aliphatic heterocycles. The molecule has 3 heterocycles. The van der Waals surface area contributed by atoms with E-state index >= 15 is 0 Å². The number of rotatable bonds is 26. The van der Waals surface area contributed by atoms with Crippen molar-refractivity contribution in [3.8, 4) is 5.75 Å². The number of benzene rings is 12. The van der Waals surface area contributed by atoms with Gasteiger partial charge < -0.3 is 37.9 Å². The lowest BCUT2D eigenvalue weighted by atomic mass is 10.2. The molecule has 0 spiro atoms. The second kappa shape index (κ2) is 45.7. The van der Waals surface area contributed by atoms with Crippen molar-refractivity contribution in [2.24, 2.45) is 0 Å². The van der Waals surface area contributed by atoms with Gasteiger partial charge in [0.25, 0.3) is 0 Å². The monoisotopic (exact) mass is 2330 g/mol. The van der Waals surface area contributed by atoms with E-state index < -0.39 is 80.0 Å². The number of alkyl halides is 4. The van der Waals surface area contributed by atoms with E-state index in [0.29, 0.717) is 32.2 Å². The molecule has 19 nitrogen and oxygen atoms in total. The van der Waals surface area contributed by atoms with Crippen molar-refractivity contribution in [1.29, 1.82) is 0 Å². The van der Waals surface area contributed by atoms with Gasteiger partial charge in [-0.2, -0.15) is 0 Å². The van der Waals surface area contributed by atoms with Crippen LogP contribution < -0.4 is 4.74 Å². The molecule has 0 radical (unpaired) electrons. The SMILES string of the molecule is CC(C)(I)C(=O)OCCC(=O)Oc1cccc([S+](c2ccccc2)c2ccccc2)c1.CC(C)(I)C(=O)OCCOC(=O)c1ccc([S+]2c3ccccc3S(=O)(=O)c3ccccc32)cc1.CC(C)(I)C(=O)OCCOC(=O)c1ccc([S+]2c3ccccc3S(=O)c3ccccc32)cc1.CC(C)(I)C(=O)OCCOC(=O)c1ccc([S+]2c3ccccc3Sc3ccccc32)cc1. The number of fused-ring (bicyclic) bond motifs is 6. The average molecular weight is 2330 g/mol. The quantitative estimate of drug-likeness (QED) is 0.00927. The molecular formula is C100H90I4O19S7+4. The molecule has 0 unspecified atom stereocenters. The van der Waals surface area contributed by atoms with Gasteiger partial charge in [-0.05, 0) is 237 Å². The summed E-state index contributed by atoms with van der Waals surface area (Å²) < 4.78 is 78.6. The van der Waals surface area contributed by atoms with E-state index in [4.69, 9.17) is 37.9 Å². The Hall–Kier alpha value is -8.83. The molecule has 0 atom stereocenters. The summed E-state index contributed by atoms with van der Waals surface area (Å²) in [5, 5.41) is 0. The van der Waals surface area contributed by atoms with Gasteiger partial charge in [-0.3, -0.25) is 24.0 Å². The molecule has 0 aromatic heterocycles. The first-order valence-electron chi connectivity index (χ1n) is 40.6. The van der Waals surface area contributed by atoms with Crippen molar-refractivity contribution in [3.63, 3.8) is 0 Å². The van der Waals surface area contributed by atoms with Gasteiger partial charge in [-0.1, -0.05) is 217 Å². The van der Waals surface area contributed by atoms with Crippen LogP contribution in [0.1, 0.15) is 92.9 Å². The zero-order chi connectivity index (χ0) is 93.1. The third-order valence-corrected chi connectivity index (χ3v) is 35.2. The molecule has 12 aromatic carbocycles. The van der Waals surface area contributed by atoms with Crippen molar-refractivity contribution in [2.75, 3.05) is 46.2 Å². The van der Waals surface area contributed by atoms with Gasteiger partial charge in [0, 0.05) is 6.07 Å². The molecule has 0 N–H and O–H groups in total. The van der Waals surface area contributed by atoms with Crippen LogP contribution in [0.25, 0.3) is 0 Å². The Bertz CT molecular complexity index is 6030. The lowest BCUT2D eigenvalue weighted by molar-refractivity contribution is -0.148. The molecule has 0 fully saturated rings. The van der Waals surface area contributed by atoms with Gasteiger partial charge in [-0.25, -0.2) is 27.0 Å². The highest BCUT2D eigenvalue weighted by Crippen LogP contribution is 2.50. The van der Waals surface area contributed by atoms with Crippen molar-refractivity contribution < 1.29 is 88.9 Å². The number of esters is 8. The standard InChI is InChI=1S/C25H22IO6S2.C25H22IO5S2.C25H22IO4S2.C25H24IO4S/c1-25(2,26)24(28)32-16-15-31-23(27)17-11-13-18(14-12-17)33-19-7-3-5-9-21(19)34(29,30)22-10-6-4-8-20(22)33;1-25(2,26)24(28)31-16-15-30-23(27)17-11-13-18(14-12-17)32-19-7-3-5-9-21(19)33(29)22-10-6-4-8-20(22)32;1-25(2,26)24(28)30-16-15-29-23(27)17-11-13-18(14-12-17)32-21-9-5-3-7-19(21)31-20-8-4-6-10-22(20)32;1-25(2,26)24(28)29-17-16-23(27)30-19-10-9-15-22(18-19)31(20-11-5-3-6-12-20)21-13-7-4-8-14-21/h3-14H,15-16H2,1-2H3;3-14H,15-16H2,1-2H3;3-14H,15-16H2,1-2H3;3-15,18H,16-17H2,1-2H3/q4*+1. The first-order valence-corrected chi connectivity index (χ1v) is 53.3. The molecule has 0 amide bonds. The van der Waals surface area contributed by atoms with E-state index in [1.165, 1.54) is 29.4 Å². The zero-order valence-electron chi connectivity index (χ0n) is 71.7. The predicted octanol–water partition coefficient (Wildman–Crippen LogP) is 22.0. The lowest BCUT2D eigenvalue weighted by Crippen LogP contribution is -2.28. The van der Waals surface area contributed by atoms with Crippen LogP contribution in [0.15, 0.2) is 391 Å². The van der Waals surface area contributed by atoms with Crippen LogP contribution in [-0.4, -0.2) is 120 Å². The normalized spacial score (nSPS) is 14.0. The average Bonchev–Trinajstić information content (AvgIpc) is 0.712. The smallest absolute Gasteiger partial charge is 0.338 e. The molecule has 3 aliphatic rings. The minimum absolute atomic E-state index is 0.00218. The number of halogens is 4. The Labute approximate surface area is 829 Å². The highest BCUT2D eigenvalue weighted by Gasteiger charge is 2.46. The summed E-state index contributed by atoms with van der Waals surface area (Å²) in [5.74, 6) is -2.77. The molecule has 12 aromatic rings. The predicted molar refractivity (Wildman–Crippen MR) is 538 cm³/mol. The number of carbonyl (C=O) groups excluding carboxylic acids is 8. The van der Waals surface area contributed by atoms with Gasteiger partial charge in [-0.15, -0.1) is 0 Å². The molecule has 0 aliphatic carbocycles. The molecule has 670 valence electrons. The number of sulfone groups is 1. The summed E-state index contributed by atoms with van der Waals surface area (Å²) in [7, 11) is -6.42. The fourth-order valence-corrected chi connectivity index (χ4v) is 28.0. The van der Waals surface area contributed by atoms with E-state index in [0.717, 1.165) is 49.0 Å². The van der Waals surface area contributed by atoms with Crippen LogP contribution in [0.3, 0.4) is 0 Å². The number of hydrogen-bond acceptors (Lipinski definition) is 20. The van der Waals surface area contributed by atoms with Crippen LogP contribution >= 0.6 is 102 Å². The molecule has 130 heavy (non-hydrogen) atoms. The van der Waals surface area contributed by atoms with E-state index in [1.54, 1.807) is 134 Å². The Morgan fingerprint density at radius 1 is 0.331 bits per heavy atom. The minimum Gasteiger partial charge on any atom is -0.464 e. The van der Waals surface area contributed by atoms with E-state index in [-0.39, 0.29) is 98.3 Å². The summed E-state index contributed by atoms with van der Waals surface area (Å²) in [4.78, 5) is 114. The molecule has 0 saturated carbocycles. The van der Waals surface area contributed by atoms with Crippen molar-refractivity contribution >= 4 is 214 Å². The summed E-state index contributed by atoms with van der Waals surface area (Å²) in [6.07, 6.45) is 0.00573. The molecule has 0 saturated heterocycles. The Morgan fingerprint density at radius 3 is 0.992 bits per heavy atom. The van der Waals surface area contributed by atoms with Gasteiger partial charge in [0.05, 0.1) is 64.4 Å². The number of carbonyl (C=O) groups is 8.